The molecule has 0 spiro atoms. The Hall–Kier alpha value is -2.33. The number of aliphatic hydroxyl groups is 2. The first-order valence-corrected chi connectivity index (χ1v) is 10.2. The topological polar surface area (TPSA) is 77.8 Å². The van der Waals surface area contributed by atoms with Crippen LogP contribution in [0.1, 0.15) is 57.4 Å². The zero-order valence-electron chi connectivity index (χ0n) is 16.7. The monoisotopic (exact) mass is 384 g/mol. The van der Waals surface area contributed by atoms with Gasteiger partial charge < -0.3 is 15.3 Å². The summed E-state index contributed by atoms with van der Waals surface area (Å²) in [6.07, 6.45) is 11.8. The molecule has 3 N–H and O–H groups in total. The summed E-state index contributed by atoms with van der Waals surface area (Å²) in [6, 6.07) is 10.3. The molecule has 4 nitrogen and oxygen atoms in total. The highest BCUT2D eigenvalue weighted by molar-refractivity contribution is 5.85. The standard InChI is InChI=1S/C24H32O4/c1-18(24(27)28)10-4-2-7-14-20-21(16-17-23(20)26)22(25)15-9-8-13-19-11-5-3-6-12-19/h3,5-6,10-12,15-16,20,23,25-26H,2,4,7-9,13-14,17H2,1H3,(H,27,28). The molecule has 1 aromatic rings. The number of aliphatic hydroxyl groups excluding tert-OH is 2. The fourth-order valence-electron chi connectivity index (χ4n) is 3.63. The molecule has 1 aliphatic rings. The minimum absolute atomic E-state index is 0.0325. The van der Waals surface area contributed by atoms with E-state index in [9.17, 15) is 15.0 Å². The van der Waals surface area contributed by atoms with Crippen molar-refractivity contribution in [3.8, 4) is 0 Å². The van der Waals surface area contributed by atoms with Crippen molar-refractivity contribution in [2.24, 2.45) is 5.92 Å². The number of carbonyl (C=O) groups is 1. The summed E-state index contributed by atoms with van der Waals surface area (Å²) in [6.45, 7) is 1.60. The Morgan fingerprint density at radius 1 is 1.07 bits per heavy atom. The minimum Gasteiger partial charge on any atom is -0.508 e. The molecule has 4 heteroatoms. The number of aliphatic carboxylic acids is 1. The van der Waals surface area contributed by atoms with E-state index in [4.69, 9.17) is 5.11 Å². The van der Waals surface area contributed by atoms with Gasteiger partial charge in [0.05, 0.1) is 6.10 Å². The number of hydrogen-bond acceptors (Lipinski definition) is 3. The largest absolute Gasteiger partial charge is 0.508 e. The van der Waals surface area contributed by atoms with E-state index in [1.54, 1.807) is 13.0 Å². The molecule has 28 heavy (non-hydrogen) atoms. The Labute approximate surface area is 167 Å². The van der Waals surface area contributed by atoms with Gasteiger partial charge in [0.15, 0.2) is 0 Å². The number of carboxylic acids is 1. The van der Waals surface area contributed by atoms with E-state index in [1.807, 2.05) is 30.4 Å². The quantitative estimate of drug-likeness (QED) is 0.273. The maximum Gasteiger partial charge on any atom is 0.330 e. The Morgan fingerprint density at radius 2 is 1.79 bits per heavy atom. The number of allylic oxidation sites excluding steroid dienone is 3. The molecule has 1 aromatic carbocycles. The average molecular weight is 385 g/mol. The van der Waals surface area contributed by atoms with Crippen molar-refractivity contribution in [3.05, 3.63) is 71.0 Å². The zero-order chi connectivity index (χ0) is 20.4. The number of rotatable bonds is 11. The molecule has 0 aromatic heterocycles. The zero-order valence-corrected chi connectivity index (χ0v) is 16.7. The lowest BCUT2D eigenvalue weighted by Crippen LogP contribution is -2.17. The van der Waals surface area contributed by atoms with Gasteiger partial charge in [0, 0.05) is 11.5 Å². The predicted molar refractivity (Wildman–Crippen MR) is 112 cm³/mol. The maximum atomic E-state index is 10.8. The molecule has 0 saturated carbocycles. The predicted octanol–water partition coefficient (Wildman–Crippen LogP) is 5.35. The second-order valence-electron chi connectivity index (χ2n) is 7.51. The summed E-state index contributed by atoms with van der Waals surface area (Å²) < 4.78 is 0. The highest BCUT2D eigenvalue weighted by Gasteiger charge is 2.29. The van der Waals surface area contributed by atoms with Gasteiger partial charge in [0.1, 0.15) is 5.76 Å². The van der Waals surface area contributed by atoms with Gasteiger partial charge in [-0.1, -0.05) is 48.9 Å². The third-order valence-electron chi connectivity index (χ3n) is 5.35. The van der Waals surface area contributed by atoms with Gasteiger partial charge in [-0.3, -0.25) is 0 Å². The van der Waals surface area contributed by atoms with Gasteiger partial charge in [-0.2, -0.15) is 0 Å². The number of hydrogen-bond donors (Lipinski definition) is 3. The van der Waals surface area contributed by atoms with Gasteiger partial charge in [0.2, 0.25) is 0 Å². The first-order chi connectivity index (χ1) is 13.5. The lowest BCUT2D eigenvalue weighted by Gasteiger charge is -2.18. The van der Waals surface area contributed by atoms with Crippen LogP contribution in [0, 0.1) is 5.92 Å². The van der Waals surface area contributed by atoms with Crippen LogP contribution in [-0.4, -0.2) is 27.4 Å². The molecule has 0 aliphatic heterocycles. The summed E-state index contributed by atoms with van der Waals surface area (Å²) >= 11 is 0. The highest BCUT2D eigenvalue weighted by atomic mass is 16.4. The molecule has 0 heterocycles. The molecule has 1 aliphatic carbocycles. The maximum absolute atomic E-state index is 10.8. The van der Waals surface area contributed by atoms with Crippen LogP contribution in [0.4, 0.5) is 0 Å². The molecule has 2 atom stereocenters. The van der Waals surface area contributed by atoms with Crippen molar-refractivity contribution in [2.45, 2.75) is 64.4 Å². The molecular weight excluding hydrogens is 352 g/mol. The van der Waals surface area contributed by atoms with E-state index in [2.05, 4.69) is 12.1 Å². The summed E-state index contributed by atoms with van der Waals surface area (Å²) in [4.78, 5) is 10.8. The first kappa shape index (κ1) is 22.0. The fourth-order valence-corrected chi connectivity index (χ4v) is 3.63. The molecule has 2 rings (SSSR count). The summed E-state index contributed by atoms with van der Waals surface area (Å²) in [7, 11) is 0. The SMILES string of the molecule is CC(=CCCCCC1C(C(O)=CCCCc2ccccc2)=CCC1O)C(=O)O. The van der Waals surface area contributed by atoms with Crippen LogP contribution in [0.15, 0.2) is 65.5 Å². The number of carboxylic acid groups (broad SMARTS) is 1. The van der Waals surface area contributed by atoms with E-state index in [0.717, 1.165) is 50.5 Å². The fraction of sp³-hybridized carbons (Fsp3) is 0.458. The van der Waals surface area contributed by atoms with E-state index < -0.39 is 12.1 Å². The number of aryl methyl sites for hydroxylation is 1. The summed E-state index contributed by atoms with van der Waals surface area (Å²) in [5.74, 6) is -0.607. The van der Waals surface area contributed by atoms with Gasteiger partial charge in [-0.05, 0) is 69.1 Å². The Bertz CT molecular complexity index is 715. The van der Waals surface area contributed by atoms with E-state index in [-0.39, 0.29) is 5.92 Å². The second kappa shape index (κ2) is 11.5. The van der Waals surface area contributed by atoms with Crippen LogP contribution >= 0.6 is 0 Å². The van der Waals surface area contributed by atoms with Crippen LogP contribution in [0.5, 0.6) is 0 Å². The summed E-state index contributed by atoms with van der Waals surface area (Å²) in [5.41, 5.74) is 2.54. The molecule has 0 saturated heterocycles. The van der Waals surface area contributed by atoms with Gasteiger partial charge in [0.25, 0.3) is 0 Å². The van der Waals surface area contributed by atoms with Crippen molar-refractivity contribution in [1.82, 2.24) is 0 Å². The van der Waals surface area contributed by atoms with E-state index in [1.165, 1.54) is 5.56 Å². The van der Waals surface area contributed by atoms with Gasteiger partial charge in [-0.15, -0.1) is 0 Å². The van der Waals surface area contributed by atoms with Crippen LogP contribution in [0.3, 0.4) is 0 Å². The number of unbranched alkanes of at least 4 members (excludes halogenated alkanes) is 3. The van der Waals surface area contributed by atoms with Gasteiger partial charge >= 0.3 is 5.97 Å². The van der Waals surface area contributed by atoms with Crippen LogP contribution < -0.4 is 0 Å². The molecule has 2 unspecified atom stereocenters. The lowest BCUT2D eigenvalue weighted by molar-refractivity contribution is -0.132. The molecule has 152 valence electrons. The van der Waals surface area contributed by atoms with Crippen molar-refractivity contribution in [3.63, 3.8) is 0 Å². The van der Waals surface area contributed by atoms with Crippen LogP contribution in [-0.2, 0) is 11.2 Å². The third kappa shape index (κ3) is 7.01. The normalized spacial score (nSPS) is 20.3. The Balaban J connectivity index is 1.77. The molecule has 0 radical (unpaired) electrons. The van der Waals surface area contributed by atoms with Crippen LogP contribution in [0.2, 0.25) is 0 Å². The van der Waals surface area contributed by atoms with Crippen LogP contribution in [0.25, 0.3) is 0 Å². The van der Waals surface area contributed by atoms with Crippen molar-refractivity contribution < 1.29 is 20.1 Å². The van der Waals surface area contributed by atoms with E-state index in [0.29, 0.717) is 17.8 Å². The van der Waals surface area contributed by atoms with Gasteiger partial charge in [-0.25, -0.2) is 4.79 Å². The van der Waals surface area contributed by atoms with Crippen molar-refractivity contribution >= 4 is 5.97 Å². The Kier molecular flexibility index (Phi) is 9.02. The molecule has 0 bridgehead atoms. The van der Waals surface area contributed by atoms with E-state index >= 15 is 0 Å². The highest BCUT2D eigenvalue weighted by Crippen LogP contribution is 2.34. The smallest absolute Gasteiger partial charge is 0.330 e. The first-order valence-electron chi connectivity index (χ1n) is 10.2. The molecular formula is C24H32O4. The molecule has 0 fully saturated rings. The Morgan fingerprint density at radius 3 is 2.50 bits per heavy atom. The second-order valence-corrected chi connectivity index (χ2v) is 7.51. The minimum atomic E-state index is -0.876. The third-order valence-corrected chi connectivity index (χ3v) is 5.35. The lowest BCUT2D eigenvalue weighted by atomic mass is 9.91. The molecule has 0 amide bonds. The van der Waals surface area contributed by atoms with Crippen molar-refractivity contribution in [2.75, 3.05) is 0 Å². The van der Waals surface area contributed by atoms with Crippen molar-refractivity contribution in [1.29, 1.82) is 0 Å². The average Bonchev–Trinajstić information content (AvgIpc) is 3.06. The number of benzene rings is 1. The summed E-state index contributed by atoms with van der Waals surface area (Å²) in [5, 5.41) is 29.6.